The molecule has 2 heterocycles. The van der Waals surface area contributed by atoms with E-state index in [2.05, 4.69) is 17.1 Å². The molecule has 0 spiro atoms. The highest BCUT2D eigenvalue weighted by Crippen LogP contribution is 2.24. The van der Waals surface area contributed by atoms with E-state index in [-0.39, 0.29) is 6.09 Å². The van der Waals surface area contributed by atoms with Crippen LogP contribution in [0.15, 0.2) is 24.5 Å². The molecule has 1 aliphatic rings. The molecule has 0 N–H and O–H groups in total. The van der Waals surface area contributed by atoms with Crippen molar-refractivity contribution in [2.24, 2.45) is 0 Å². The zero-order chi connectivity index (χ0) is 17.4. The number of likely N-dealkylation sites (tertiary alicyclic amines) is 1. The first-order valence-corrected chi connectivity index (χ1v) is 10.1. The van der Waals surface area contributed by atoms with Gasteiger partial charge in [0.05, 0.1) is 0 Å². The van der Waals surface area contributed by atoms with E-state index in [1.807, 2.05) is 49.8 Å². The van der Waals surface area contributed by atoms with Crippen molar-refractivity contribution >= 4 is 17.9 Å². The lowest BCUT2D eigenvalue weighted by Gasteiger charge is -2.36. The van der Waals surface area contributed by atoms with Crippen LogP contribution in [0.4, 0.5) is 4.79 Å². The van der Waals surface area contributed by atoms with Crippen molar-refractivity contribution in [2.75, 3.05) is 18.1 Å². The summed E-state index contributed by atoms with van der Waals surface area (Å²) < 4.78 is 5.57. The van der Waals surface area contributed by atoms with Crippen LogP contribution in [0.3, 0.4) is 0 Å². The van der Waals surface area contributed by atoms with E-state index in [9.17, 15) is 4.79 Å². The number of carbonyl (C=O) groups excluding carboxylic acids is 1. The van der Waals surface area contributed by atoms with Crippen molar-refractivity contribution in [3.8, 4) is 0 Å². The Hall–Kier alpha value is -1.23. The molecule has 1 aliphatic heterocycles. The monoisotopic (exact) mass is 350 g/mol. The fraction of sp³-hybridized carbons (Fsp3) is 0.684. The number of aromatic nitrogens is 1. The van der Waals surface area contributed by atoms with Crippen molar-refractivity contribution in [3.63, 3.8) is 0 Å². The average molecular weight is 351 g/mol. The molecule has 1 saturated heterocycles. The minimum absolute atomic E-state index is 0.144. The number of hydrogen-bond donors (Lipinski definition) is 0. The molecule has 1 unspecified atom stereocenters. The number of piperidine rings is 1. The number of ether oxygens (including phenoxy) is 1. The molecular weight excluding hydrogens is 320 g/mol. The molecule has 1 aromatic rings. The van der Waals surface area contributed by atoms with E-state index in [0.29, 0.717) is 6.04 Å². The molecule has 1 amide bonds. The van der Waals surface area contributed by atoms with Gasteiger partial charge in [0.15, 0.2) is 0 Å². The van der Waals surface area contributed by atoms with Gasteiger partial charge in [-0.25, -0.2) is 4.79 Å². The first-order valence-electron chi connectivity index (χ1n) is 8.92. The van der Waals surface area contributed by atoms with Crippen LogP contribution in [-0.2, 0) is 11.2 Å². The van der Waals surface area contributed by atoms with Crippen molar-refractivity contribution < 1.29 is 9.53 Å². The molecule has 1 fully saturated rings. The fourth-order valence-corrected chi connectivity index (χ4v) is 3.95. The van der Waals surface area contributed by atoms with Crippen LogP contribution in [-0.4, -0.2) is 45.7 Å². The molecule has 134 valence electrons. The second-order valence-electron chi connectivity index (χ2n) is 7.33. The molecule has 0 aromatic carbocycles. The number of nitrogens with zero attached hydrogens (tertiary/aromatic N) is 2. The van der Waals surface area contributed by atoms with Gasteiger partial charge in [0.2, 0.25) is 0 Å². The maximum absolute atomic E-state index is 12.4. The normalized spacial score (nSPS) is 18.5. The van der Waals surface area contributed by atoms with Gasteiger partial charge in [-0.3, -0.25) is 4.98 Å². The number of aryl methyl sites for hydroxylation is 1. The first-order chi connectivity index (χ1) is 11.5. The summed E-state index contributed by atoms with van der Waals surface area (Å²) in [6, 6.07) is 4.49. The molecule has 4 nitrogen and oxygen atoms in total. The summed E-state index contributed by atoms with van der Waals surface area (Å²) in [5, 5.41) is 0. The predicted octanol–water partition coefficient (Wildman–Crippen LogP) is 4.54. The zero-order valence-corrected chi connectivity index (χ0v) is 16.0. The van der Waals surface area contributed by atoms with Crippen molar-refractivity contribution in [2.45, 2.75) is 64.5 Å². The highest BCUT2D eigenvalue weighted by Gasteiger charge is 2.29. The van der Waals surface area contributed by atoms with Crippen LogP contribution in [0.2, 0.25) is 0 Å². The van der Waals surface area contributed by atoms with Crippen LogP contribution in [0.25, 0.3) is 0 Å². The largest absolute Gasteiger partial charge is 0.444 e. The second-order valence-corrected chi connectivity index (χ2v) is 8.55. The Kier molecular flexibility index (Phi) is 7.40. The van der Waals surface area contributed by atoms with Crippen molar-refractivity contribution in [1.82, 2.24) is 9.88 Å². The van der Waals surface area contributed by atoms with Crippen molar-refractivity contribution in [1.29, 1.82) is 0 Å². The van der Waals surface area contributed by atoms with Crippen LogP contribution in [0, 0.1) is 0 Å². The van der Waals surface area contributed by atoms with Gasteiger partial charge in [-0.2, -0.15) is 11.8 Å². The maximum Gasteiger partial charge on any atom is 0.410 e. The summed E-state index contributed by atoms with van der Waals surface area (Å²) in [5.74, 6) is 2.21. The lowest BCUT2D eigenvalue weighted by molar-refractivity contribution is 0.00959. The van der Waals surface area contributed by atoms with Crippen LogP contribution >= 0.6 is 11.8 Å². The van der Waals surface area contributed by atoms with Gasteiger partial charge in [-0.1, -0.05) is 0 Å². The van der Waals surface area contributed by atoms with Crippen molar-refractivity contribution in [3.05, 3.63) is 30.1 Å². The molecule has 0 saturated carbocycles. The Balaban J connectivity index is 1.72. The Bertz CT molecular complexity index is 502. The highest BCUT2D eigenvalue weighted by atomic mass is 32.2. The number of amides is 1. The molecule has 0 bridgehead atoms. The summed E-state index contributed by atoms with van der Waals surface area (Å²) in [5.41, 5.74) is 0.920. The molecule has 0 aliphatic carbocycles. The summed E-state index contributed by atoms with van der Waals surface area (Å²) >= 11 is 1.97. The number of thioether (sulfide) groups is 1. The predicted molar refractivity (Wildman–Crippen MR) is 100 cm³/mol. The summed E-state index contributed by atoms with van der Waals surface area (Å²) in [7, 11) is 0. The van der Waals surface area contributed by atoms with Gasteiger partial charge in [0, 0.05) is 25.0 Å². The van der Waals surface area contributed by atoms with Gasteiger partial charge >= 0.3 is 6.09 Å². The molecule has 1 atom stereocenters. The van der Waals surface area contributed by atoms with Crippen LogP contribution in [0.5, 0.6) is 0 Å². The lowest BCUT2D eigenvalue weighted by Crippen LogP contribution is -2.46. The summed E-state index contributed by atoms with van der Waals surface area (Å²) in [4.78, 5) is 18.4. The Morgan fingerprint density at radius 1 is 1.29 bits per heavy atom. The average Bonchev–Trinajstić information content (AvgIpc) is 2.54. The third-order valence-electron chi connectivity index (χ3n) is 4.13. The van der Waals surface area contributed by atoms with E-state index in [1.165, 1.54) is 12.0 Å². The van der Waals surface area contributed by atoms with Gasteiger partial charge in [-0.15, -0.1) is 0 Å². The SMILES string of the molecule is CC(C)(C)OC(=O)N1CCCCC1CCSCCc1ccncc1. The summed E-state index contributed by atoms with van der Waals surface area (Å²) in [6.07, 6.45) is 9.09. The van der Waals surface area contributed by atoms with E-state index in [4.69, 9.17) is 4.74 Å². The Labute approximate surface area is 150 Å². The second kappa shape index (κ2) is 9.30. The number of rotatable bonds is 6. The fourth-order valence-electron chi connectivity index (χ4n) is 2.92. The third-order valence-corrected chi connectivity index (χ3v) is 5.15. The number of carbonyl (C=O) groups is 1. The Morgan fingerprint density at radius 2 is 2.04 bits per heavy atom. The third kappa shape index (κ3) is 6.71. The van der Waals surface area contributed by atoms with E-state index < -0.39 is 5.60 Å². The van der Waals surface area contributed by atoms with E-state index in [0.717, 1.165) is 43.7 Å². The van der Waals surface area contributed by atoms with E-state index >= 15 is 0 Å². The highest BCUT2D eigenvalue weighted by molar-refractivity contribution is 7.99. The summed E-state index contributed by atoms with van der Waals surface area (Å²) in [6.45, 7) is 6.62. The molecule has 24 heavy (non-hydrogen) atoms. The maximum atomic E-state index is 12.4. The number of pyridine rings is 1. The minimum Gasteiger partial charge on any atom is -0.444 e. The first kappa shape index (κ1) is 19.1. The van der Waals surface area contributed by atoms with E-state index in [1.54, 1.807) is 0 Å². The standard InChI is InChI=1S/C19H30N2O2S/c1-19(2,3)23-18(22)21-13-5-4-6-17(21)10-15-24-14-9-16-7-11-20-12-8-16/h7-8,11-12,17H,4-6,9-10,13-15H2,1-3H3. The van der Waals surface area contributed by atoms with Crippen LogP contribution < -0.4 is 0 Å². The molecule has 2 rings (SSSR count). The van der Waals surface area contributed by atoms with Gasteiger partial charge in [-0.05, 0) is 82.1 Å². The lowest BCUT2D eigenvalue weighted by atomic mass is 10.0. The minimum atomic E-state index is -0.418. The quantitative estimate of drug-likeness (QED) is 0.707. The number of hydrogen-bond acceptors (Lipinski definition) is 4. The zero-order valence-electron chi connectivity index (χ0n) is 15.2. The molecule has 5 heteroatoms. The molecular formula is C19H30N2O2S. The van der Waals surface area contributed by atoms with Gasteiger partial charge < -0.3 is 9.64 Å². The molecule has 0 radical (unpaired) electrons. The molecule has 1 aromatic heterocycles. The Morgan fingerprint density at radius 3 is 2.75 bits per heavy atom. The van der Waals surface area contributed by atoms with Crippen LogP contribution in [0.1, 0.15) is 52.0 Å². The smallest absolute Gasteiger partial charge is 0.410 e. The topological polar surface area (TPSA) is 42.4 Å². The van der Waals surface area contributed by atoms with Gasteiger partial charge in [0.1, 0.15) is 5.60 Å². The van der Waals surface area contributed by atoms with Gasteiger partial charge in [0.25, 0.3) is 0 Å².